The van der Waals surface area contributed by atoms with Gasteiger partial charge in [-0.1, -0.05) is 11.6 Å². The Morgan fingerprint density at radius 3 is 2.79 bits per heavy atom. The minimum absolute atomic E-state index is 0.120. The topological polar surface area (TPSA) is 44.9 Å². The van der Waals surface area contributed by atoms with Crippen LogP contribution in [-0.4, -0.2) is 12.0 Å². The molecule has 0 saturated carbocycles. The maximum atomic E-state index is 11.0. The molecule has 72 valence electrons. The van der Waals surface area contributed by atoms with Crippen molar-refractivity contribution in [1.82, 2.24) is 4.98 Å². The molecule has 0 aliphatic carbocycles. The summed E-state index contributed by atoms with van der Waals surface area (Å²) in [5.41, 5.74) is 1.48. The van der Waals surface area contributed by atoms with Crippen molar-refractivity contribution in [2.45, 2.75) is 0 Å². The van der Waals surface area contributed by atoms with E-state index in [4.69, 9.17) is 11.6 Å². The average Bonchev–Trinajstić information content (AvgIpc) is 2.18. The van der Waals surface area contributed by atoms with Crippen LogP contribution in [0, 0.1) is 0 Å². The number of nitrogens with one attached hydrogen (secondary N) is 2. The summed E-state index contributed by atoms with van der Waals surface area (Å²) in [4.78, 5) is 13.7. The van der Waals surface area contributed by atoms with Gasteiger partial charge in [0.2, 0.25) is 5.56 Å². The zero-order chi connectivity index (χ0) is 10.1. The zero-order valence-corrected chi connectivity index (χ0v) is 8.35. The van der Waals surface area contributed by atoms with Crippen molar-refractivity contribution in [3.05, 3.63) is 39.6 Å². The summed E-state index contributed by atoms with van der Waals surface area (Å²) in [6.45, 7) is 0. The molecule has 0 saturated heterocycles. The molecular formula is C10H9ClN2O. The molecule has 0 fully saturated rings. The first-order chi connectivity index (χ1) is 6.72. The van der Waals surface area contributed by atoms with E-state index >= 15 is 0 Å². The van der Waals surface area contributed by atoms with Crippen molar-refractivity contribution in [1.29, 1.82) is 0 Å². The molecule has 0 radical (unpaired) electrons. The highest BCUT2D eigenvalue weighted by atomic mass is 35.5. The molecule has 0 bridgehead atoms. The number of pyridine rings is 1. The van der Waals surface area contributed by atoms with Gasteiger partial charge in [0.25, 0.3) is 0 Å². The first kappa shape index (κ1) is 9.09. The average molecular weight is 209 g/mol. The molecule has 0 unspecified atom stereocenters. The smallest absolute Gasteiger partial charge is 0.248 e. The number of aromatic amines is 1. The molecule has 1 aromatic carbocycles. The van der Waals surface area contributed by atoms with Crippen LogP contribution in [0.4, 0.5) is 5.69 Å². The van der Waals surface area contributed by atoms with Crippen molar-refractivity contribution in [3.63, 3.8) is 0 Å². The molecular weight excluding hydrogens is 200 g/mol. The van der Waals surface area contributed by atoms with Gasteiger partial charge in [-0.2, -0.15) is 0 Å². The van der Waals surface area contributed by atoms with Gasteiger partial charge in [-0.3, -0.25) is 4.79 Å². The summed E-state index contributed by atoms with van der Waals surface area (Å²) in [7, 11) is 1.80. The number of benzene rings is 1. The molecule has 3 nitrogen and oxygen atoms in total. The van der Waals surface area contributed by atoms with Crippen LogP contribution in [0.25, 0.3) is 10.9 Å². The Labute approximate surface area is 85.7 Å². The van der Waals surface area contributed by atoms with Gasteiger partial charge in [0.15, 0.2) is 0 Å². The van der Waals surface area contributed by atoms with Gasteiger partial charge in [0.05, 0.1) is 10.7 Å². The molecule has 2 N–H and O–H groups in total. The second-order valence-corrected chi connectivity index (χ2v) is 3.34. The van der Waals surface area contributed by atoms with Crippen LogP contribution >= 0.6 is 11.6 Å². The van der Waals surface area contributed by atoms with Gasteiger partial charge in [-0.05, 0) is 18.2 Å². The van der Waals surface area contributed by atoms with Crippen molar-refractivity contribution >= 4 is 28.2 Å². The normalized spacial score (nSPS) is 10.4. The number of anilines is 1. The number of aromatic nitrogens is 1. The Kier molecular flexibility index (Phi) is 2.17. The van der Waals surface area contributed by atoms with Crippen LogP contribution in [0.2, 0.25) is 5.02 Å². The molecule has 14 heavy (non-hydrogen) atoms. The molecule has 1 aromatic heterocycles. The van der Waals surface area contributed by atoms with Crippen molar-refractivity contribution in [2.75, 3.05) is 12.4 Å². The summed E-state index contributed by atoms with van der Waals surface area (Å²) in [6.07, 6.45) is 0. The third-order valence-corrected chi connectivity index (χ3v) is 2.52. The molecule has 0 spiro atoms. The second kappa shape index (κ2) is 3.35. The van der Waals surface area contributed by atoms with Gasteiger partial charge in [-0.15, -0.1) is 0 Å². The third-order valence-electron chi connectivity index (χ3n) is 2.11. The SMILES string of the molecule is CNc1ccc2[nH]c(=O)ccc2c1Cl. The fourth-order valence-electron chi connectivity index (χ4n) is 1.39. The lowest BCUT2D eigenvalue weighted by molar-refractivity contribution is 1.31. The summed E-state index contributed by atoms with van der Waals surface area (Å²) >= 11 is 6.11. The third kappa shape index (κ3) is 1.36. The van der Waals surface area contributed by atoms with E-state index in [1.54, 1.807) is 13.1 Å². The Bertz CT molecular complexity index is 533. The second-order valence-electron chi connectivity index (χ2n) is 2.96. The van der Waals surface area contributed by atoms with E-state index in [0.29, 0.717) is 5.02 Å². The summed E-state index contributed by atoms with van der Waals surface area (Å²) in [6, 6.07) is 6.85. The van der Waals surface area contributed by atoms with Gasteiger partial charge in [0, 0.05) is 24.0 Å². The van der Waals surface area contributed by atoms with E-state index in [1.165, 1.54) is 6.07 Å². The molecule has 0 atom stereocenters. The fraction of sp³-hybridized carbons (Fsp3) is 0.100. The van der Waals surface area contributed by atoms with Crippen LogP contribution in [0.3, 0.4) is 0 Å². The lowest BCUT2D eigenvalue weighted by Gasteiger charge is -2.05. The molecule has 1 heterocycles. The monoisotopic (exact) mass is 208 g/mol. The van der Waals surface area contributed by atoms with E-state index < -0.39 is 0 Å². The van der Waals surface area contributed by atoms with Crippen LogP contribution in [0.5, 0.6) is 0 Å². The van der Waals surface area contributed by atoms with E-state index in [1.807, 2.05) is 12.1 Å². The maximum absolute atomic E-state index is 11.0. The van der Waals surface area contributed by atoms with Crippen molar-refractivity contribution in [2.24, 2.45) is 0 Å². The largest absolute Gasteiger partial charge is 0.387 e. The molecule has 0 aliphatic heterocycles. The fourth-order valence-corrected chi connectivity index (χ4v) is 1.71. The highest BCUT2D eigenvalue weighted by Gasteiger charge is 2.03. The summed E-state index contributed by atoms with van der Waals surface area (Å²) < 4.78 is 0. The Morgan fingerprint density at radius 1 is 1.29 bits per heavy atom. The van der Waals surface area contributed by atoms with Gasteiger partial charge in [0.1, 0.15) is 0 Å². The predicted octanol–water partition coefficient (Wildman–Crippen LogP) is 2.22. The van der Waals surface area contributed by atoms with Crippen molar-refractivity contribution in [3.8, 4) is 0 Å². The molecule has 0 amide bonds. The molecule has 4 heteroatoms. The predicted molar refractivity (Wildman–Crippen MR) is 59.1 cm³/mol. The molecule has 2 rings (SSSR count). The number of halogens is 1. The number of rotatable bonds is 1. The van der Waals surface area contributed by atoms with Gasteiger partial charge < -0.3 is 10.3 Å². The lowest BCUT2D eigenvalue weighted by Crippen LogP contribution is -2.02. The number of fused-ring (bicyclic) bond motifs is 1. The van der Waals surface area contributed by atoms with E-state index in [-0.39, 0.29) is 5.56 Å². The summed E-state index contributed by atoms with van der Waals surface area (Å²) in [5.74, 6) is 0. The van der Waals surface area contributed by atoms with Crippen molar-refractivity contribution < 1.29 is 0 Å². The Morgan fingerprint density at radius 2 is 2.07 bits per heavy atom. The Hall–Kier alpha value is -1.48. The van der Waals surface area contributed by atoms with Crippen LogP contribution < -0.4 is 10.9 Å². The zero-order valence-electron chi connectivity index (χ0n) is 7.60. The number of H-pyrrole nitrogens is 1. The van der Waals surface area contributed by atoms with Crippen LogP contribution in [0.1, 0.15) is 0 Å². The number of hydrogen-bond acceptors (Lipinski definition) is 2. The first-order valence-electron chi connectivity index (χ1n) is 4.21. The first-order valence-corrected chi connectivity index (χ1v) is 4.59. The standard InChI is InChI=1S/C10H9ClN2O/c1-12-8-4-3-7-6(10(8)11)2-5-9(14)13-7/h2-5,12H,1H3,(H,13,14). The van der Waals surface area contributed by atoms with Crippen LogP contribution in [0.15, 0.2) is 29.1 Å². The highest BCUT2D eigenvalue weighted by Crippen LogP contribution is 2.28. The lowest BCUT2D eigenvalue weighted by atomic mass is 10.2. The van der Waals surface area contributed by atoms with E-state index in [2.05, 4.69) is 10.3 Å². The van der Waals surface area contributed by atoms with Gasteiger partial charge in [-0.25, -0.2) is 0 Å². The number of hydrogen-bond donors (Lipinski definition) is 2. The minimum atomic E-state index is -0.120. The molecule has 0 aliphatic rings. The van der Waals surface area contributed by atoms with E-state index in [0.717, 1.165) is 16.6 Å². The molecule has 2 aromatic rings. The quantitative estimate of drug-likeness (QED) is 0.755. The Balaban J connectivity index is 2.84. The van der Waals surface area contributed by atoms with E-state index in [9.17, 15) is 4.79 Å². The van der Waals surface area contributed by atoms with Crippen LogP contribution in [-0.2, 0) is 0 Å². The minimum Gasteiger partial charge on any atom is -0.387 e. The maximum Gasteiger partial charge on any atom is 0.248 e. The summed E-state index contributed by atoms with van der Waals surface area (Å²) in [5, 5.41) is 4.45. The van der Waals surface area contributed by atoms with Gasteiger partial charge >= 0.3 is 0 Å². The highest BCUT2D eigenvalue weighted by molar-refractivity contribution is 6.38.